The number of ether oxygens (including phenoxy) is 1. The van der Waals surface area contributed by atoms with Crippen molar-refractivity contribution in [3.8, 4) is 5.75 Å². The topological polar surface area (TPSA) is 70.2 Å². The van der Waals surface area contributed by atoms with E-state index in [9.17, 15) is 14.4 Å². The zero-order valence-electron chi connectivity index (χ0n) is 17.0. The molecule has 2 heterocycles. The fraction of sp³-hybridized carbons (Fsp3) is 0.348. The number of hydrogen-bond donors (Lipinski definition) is 0. The van der Waals surface area contributed by atoms with Gasteiger partial charge in [-0.2, -0.15) is 0 Å². The molecule has 0 saturated carbocycles. The van der Waals surface area contributed by atoms with Crippen LogP contribution in [-0.2, 0) is 16.0 Å². The van der Waals surface area contributed by atoms with Crippen LogP contribution in [0.2, 0.25) is 0 Å². The molecular weight excluding hydrogens is 382 g/mol. The fourth-order valence-electron chi connectivity index (χ4n) is 4.08. The van der Waals surface area contributed by atoms with E-state index in [4.69, 9.17) is 4.74 Å². The summed E-state index contributed by atoms with van der Waals surface area (Å²) in [5, 5.41) is 0. The van der Waals surface area contributed by atoms with Crippen molar-refractivity contribution in [2.24, 2.45) is 0 Å². The second-order valence-electron chi connectivity index (χ2n) is 7.55. The van der Waals surface area contributed by atoms with E-state index in [1.165, 1.54) is 4.90 Å². The van der Waals surface area contributed by atoms with Gasteiger partial charge in [0.05, 0.1) is 19.3 Å². The summed E-state index contributed by atoms with van der Waals surface area (Å²) >= 11 is 0. The van der Waals surface area contributed by atoms with Crippen LogP contribution in [0.1, 0.15) is 18.4 Å². The number of methoxy groups -OCH3 is 1. The number of urea groups is 1. The highest BCUT2D eigenvalue weighted by Crippen LogP contribution is 2.27. The summed E-state index contributed by atoms with van der Waals surface area (Å²) in [7, 11) is 1.62. The third-order valence-corrected chi connectivity index (χ3v) is 5.67. The highest BCUT2D eigenvalue weighted by molar-refractivity contribution is 6.21. The lowest BCUT2D eigenvalue weighted by Gasteiger charge is -2.23. The first-order valence-corrected chi connectivity index (χ1v) is 10.2. The SMILES string of the molecule is COc1cccc(CCC(=O)N2CCCN3C(=O)N(c4ccccc4)C(=O)C3C2)c1. The van der Waals surface area contributed by atoms with Crippen LogP contribution >= 0.6 is 0 Å². The number of carbonyl (C=O) groups is 3. The van der Waals surface area contributed by atoms with Crippen LogP contribution in [0.25, 0.3) is 0 Å². The van der Waals surface area contributed by atoms with Crippen LogP contribution in [0.4, 0.5) is 10.5 Å². The van der Waals surface area contributed by atoms with Crippen molar-refractivity contribution in [3.05, 3.63) is 60.2 Å². The normalized spacial score (nSPS) is 19.0. The van der Waals surface area contributed by atoms with Gasteiger partial charge in [0.15, 0.2) is 0 Å². The van der Waals surface area contributed by atoms with Gasteiger partial charge in [-0.15, -0.1) is 0 Å². The van der Waals surface area contributed by atoms with Gasteiger partial charge in [0.2, 0.25) is 5.91 Å². The predicted molar refractivity (Wildman–Crippen MR) is 112 cm³/mol. The lowest BCUT2D eigenvalue weighted by atomic mass is 10.1. The molecule has 2 aliphatic rings. The van der Waals surface area contributed by atoms with Crippen molar-refractivity contribution in [2.75, 3.05) is 31.6 Å². The van der Waals surface area contributed by atoms with Gasteiger partial charge in [-0.25, -0.2) is 9.69 Å². The Kier molecular flexibility index (Phi) is 5.70. The maximum Gasteiger partial charge on any atom is 0.332 e. The molecule has 0 radical (unpaired) electrons. The Morgan fingerprint density at radius 2 is 1.87 bits per heavy atom. The molecule has 1 unspecified atom stereocenters. The highest BCUT2D eigenvalue weighted by atomic mass is 16.5. The Balaban J connectivity index is 1.44. The van der Waals surface area contributed by atoms with E-state index in [1.807, 2.05) is 30.3 Å². The molecule has 2 aromatic rings. The number of aryl methyl sites for hydroxylation is 1. The minimum absolute atomic E-state index is 0.00178. The molecule has 2 aliphatic heterocycles. The molecule has 0 N–H and O–H groups in total. The number of para-hydroxylation sites is 1. The monoisotopic (exact) mass is 407 g/mol. The van der Waals surface area contributed by atoms with Gasteiger partial charge >= 0.3 is 6.03 Å². The third kappa shape index (κ3) is 3.87. The van der Waals surface area contributed by atoms with E-state index < -0.39 is 6.04 Å². The van der Waals surface area contributed by atoms with Gasteiger partial charge < -0.3 is 14.5 Å². The number of hydrogen-bond acceptors (Lipinski definition) is 4. The molecule has 2 fully saturated rings. The van der Waals surface area contributed by atoms with Crippen LogP contribution in [-0.4, -0.2) is 60.4 Å². The summed E-state index contributed by atoms with van der Waals surface area (Å²) in [6.07, 6.45) is 1.61. The van der Waals surface area contributed by atoms with Gasteiger partial charge in [0.25, 0.3) is 5.91 Å². The van der Waals surface area contributed by atoms with Gasteiger partial charge in [-0.1, -0.05) is 30.3 Å². The van der Waals surface area contributed by atoms with Crippen LogP contribution in [0, 0.1) is 0 Å². The molecule has 0 aromatic heterocycles. The largest absolute Gasteiger partial charge is 0.497 e. The maximum atomic E-state index is 13.0. The lowest BCUT2D eigenvalue weighted by molar-refractivity contribution is -0.132. The number of benzene rings is 2. The second kappa shape index (κ2) is 8.57. The molecule has 156 valence electrons. The van der Waals surface area contributed by atoms with Crippen molar-refractivity contribution in [3.63, 3.8) is 0 Å². The molecule has 0 aliphatic carbocycles. The Bertz CT molecular complexity index is 946. The number of fused-ring (bicyclic) bond motifs is 1. The van der Waals surface area contributed by atoms with Crippen LogP contribution in [0.5, 0.6) is 5.75 Å². The summed E-state index contributed by atoms with van der Waals surface area (Å²) < 4.78 is 5.24. The Labute approximate surface area is 175 Å². The first kappa shape index (κ1) is 19.9. The molecule has 2 aromatic carbocycles. The van der Waals surface area contributed by atoms with E-state index >= 15 is 0 Å². The number of carbonyl (C=O) groups excluding carboxylic acids is 3. The molecular formula is C23H25N3O4. The van der Waals surface area contributed by atoms with E-state index in [1.54, 1.807) is 41.2 Å². The van der Waals surface area contributed by atoms with E-state index in [2.05, 4.69) is 0 Å². The minimum atomic E-state index is -0.624. The van der Waals surface area contributed by atoms with Gasteiger partial charge in [0, 0.05) is 19.5 Å². The van der Waals surface area contributed by atoms with Crippen LogP contribution in [0.15, 0.2) is 54.6 Å². The van der Waals surface area contributed by atoms with E-state index in [0.717, 1.165) is 11.3 Å². The quantitative estimate of drug-likeness (QED) is 0.715. The summed E-state index contributed by atoms with van der Waals surface area (Å²) in [6, 6.07) is 15.7. The van der Waals surface area contributed by atoms with Crippen LogP contribution < -0.4 is 9.64 Å². The number of rotatable bonds is 5. The van der Waals surface area contributed by atoms with Gasteiger partial charge in [-0.05, 0) is 42.7 Å². The van der Waals surface area contributed by atoms with Gasteiger partial charge in [-0.3, -0.25) is 9.59 Å². The molecule has 7 nitrogen and oxygen atoms in total. The van der Waals surface area contributed by atoms with Crippen molar-refractivity contribution in [1.82, 2.24) is 9.80 Å². The number of amides is 4. The zero-order valence-corrected chi connectivity index (χ0v) is 17.0. The highest BCUT2D eigenvalue weighted by Gasteiger charge is 2.47. The average molecular weight is 407 g/mol. The molecule has 4 rings (SSSR count). The molecule has 2 saturated heterocycles. The summed E-state index contributed by atoms with van der Waals surface area (Å²) in [6.45, 7) is 1.26. The zero-order chi connectivity index (χ0) is 21.1. The van der Waals surface area contributed by atoms with Crippen molar-refractivity contribution >= 4 is 23.5 Å². The predicted octanol–water partition coefficient (Wildman–Crippen LogP) is 2.70. The summed E-state index contributed by atoms with van der Waals surface area (Å²) in [4.78, 5) is 43.3. The van der Waals surface area contributed by atoms with Gasteiger partial charge in [0.1, 0.15) is 11.8 Å². The van der Waals surface area contributed by atoms with E-state index in [0.29, 0.717) is 38.0 Å². The molecule has 4 amide bonds. The van der Waals surface area contributed by atoms with Crippen molar-refractivity contribution in [2.45, 2.75) is 25.3 Å². The number of nitrogens with zero attached hydrogens (tertiary/aromatic N) is 3. The first-order chi connectivity index (χ1) is 14.6. The standard InChI is InChI=1S/C23H25N3O4/c1-30-19-10-5-7-17(15-19)11-12-21(27)24-13-6-14-25-20(16-24)22(28)26(23(25)29)18-8-3-2-4-9-18/h2-5,7-10,15,20H,6,11-14,16H2,1H3. The Morgan fingerprint density at radius 1 is 1.07 bits per heavy atom. The third-order valence-electron chi connectivity index (χ3n) is 5.67. The maximum absolute atomic E-state index is 13.0. The Hall–Kier alpha value is -3.35. The average Bonchev–Trinajstić information content (AvgIpc) is 2.93. The summed E-state index contributed by atoms with van der Waals surface area (Å²) in [5.74, 6) is 0.498. The van der Waals surface area contributed by atoms with Crippen LogP contribution in [0.3, 0.4) is 0 Å². The fourth-order valence-corrected chi connectivity index (χ4v) is 4.08. The van der Waals surface area contributed by atoms with E-state index in [-0.39, 0.29) is 24.4 Å². The minimum Gasteiger partial charge on any atom is -0.497 e. The molecule has 30 heavy (non-hydrogen) atoms. The molecule has 1 atom stereocenters. The first-order valence-electron chi connectivity index (χ1n) is 10.2. The molecule has 0 spiro atoms. The van der Waals surface area contributed by atoms with Crippen molar-refractivity contribution in [1.29, 1.82) is 0 Å². The molecule has 0 bridgehead atoms. The van der Waals surface area contributed by atoms with Crippen molar-refractivity contribution < 1.29 is 19.1 Å². The lowest BCUT2D eigenvalue weighted by Crippen LogP contribution is -2.43. The molecule has 7 heteroatoms. The smallest absolute Gasteiger partial charge is 0.332 e. The Morgan fingerprint density at radius 3 is 2.63 bits per heavy atom. The number of imide groups is 1. The number of anilines is 1. The summed E-state index contributed by atoms with van der Waals surface area (Å²) in [5.41, 5.74) is 1.60. The second-order valence-corrected chi connectivity index (χ2v) is 7.55.